The molecule has 0 saturated heterocycles. The molecule has 23 heavy (non-hydrogen) atoms. The number of rotatable bonds is 6. The molecule has 4 nitrogen and oxygen atoms in total. The van der Waals surface area contributed by atoms with Crippen molar-refractivity contribution in [3.8, 4) is 5.75 Å². The van der Waals surface area contributed by atoms with Gasteiger partial charge in [0.25, 0.3) is 0 Å². The molecule has 1 atom stereocenters. The van der Waals surface area contributed by atoms with Crippen molar-refractivity contribution in [1.82, 2.24) is 9.55 Å². The zero-order valence-corrected chi connectivity index (χ0v) is 13.7. The second-order valence-corrected chi connectivity index (χ2v) is 5.88. The molecule has 0 aliphatic heterocycles. The van der Waals surface area contributed by atoms with Crippen molar-refractivity contribution in [1.29, 1.82) is 0 Å². The van der Waals surface area contributed by atoms with Crippen LogP contribution in [0, 0.1) is 0 Å². The summed E-state index contributed by atoms with van der Waals surface area (Å²) in [6.45, 7) is 3.07. The Bertz CT molecular complexity index is 781. The largest absolute Gasteiger partial charge is 0.494 e. The number of fused-ring (bicyclic) bond motifs is 1. The topological polar surface area (TPSA) is 47.3 Å². The van der Waals surface area contributed by atoms with E-state index in [-0.39, 0.29) is 0 Å². The molecule has 1 aromatic heterocycles. The molecule has 1 heterocycles. The molecule has 0 aliphatic carbocycles. The minimum atomic E-state index is -0.598. The Morgan fingerprint density at radius 1 is 1.17 bits per heavy atom. The quantitative estimate of drug-likeness (QED) is 0.689. The van der Waals surface area contributed by atoms with Gasteiger partial charge in [0.1, 0.15) is 17.7 Å². The second-order valence-electron chi connectivity index (χ2n) is 5.44. The summed E-state index contributed by atoms with van der Waals surface area (Å²) in [5.41, 5.74) is 1.94. The number of hydrogen-bond acceptors (Lipinski definition) is 3. The fourth-order valence-electron chi connectivity index (χ4n) is 2.59. The van der Waals surface area contributed by atoms with Crippen molar-refractivity contribution in [2.75, 3.05) is 6.61 Å². The van der Waals surface area contributed by atoms with E-state index >= 15 is 0 Å². The first-order valence-corrected chi connectivity index (χ1v) is 8.04. The zero-order chi connectivity index (χ0) is 16.2. The first kappa shape index (κ1) is 15.8. The molecule has 120 valence electrons. The number of benzene rings is 2. The van der Waals surface area contributed by atoms with E-state index in [0.717, 1.165) is 29.7 Å². The van der Waals surface area contributed by atoms with Gasteiger partial charge in [-0.3, -0.25) is 0 Å². The lowest BCUT2D eigenvalue weighted by atomic mass is 10.3. The van der Waals surface area contributed by atoms with Gasteiger partial charge in [0, 0.05) is 11.6 Å². The molecule has 0 saturated carbocycles. The molecule has 0 bridgehead atoms. The number of aromatic nitrogens is 2. The van der Waals surface area contributed by atoms with Crippen LogP contribution in [0.15, 0.2) is 48.5 Å². The maximum absolute atomic E-state index is 9.94. The highest BCUT2D eigenvalue weighted by Crippen LogP contribution is 2.21. The Morgan fingerprint density at radius 3 is 2.65 bits per heavy atom. The summed E-state index contributed by atoms with van der Waals surface area (Å²) < 4.78 is 7.78. The van der Waals surface area contributed by atoms with Crippen LogP contribution in [-0.4, -0.2) is 21.3 Å². The van der Waals surface area contributed by atoms with E-state index in [1.54, 1.807) is 6.92 Å². The van der Waals surface area contributed by atoms with Crippen LogP contribution in [0.2, 0.25) is 5.02 Å². The summed E-state index contributed by atoms with van der Waals surface area (Å²) in [6.07, 6.45) is 0.225. The van der Waals surface area contributed by atoms with Gasteiger partial charge in [-0.1, -0.05) is 23.7 Å². The molecular weight excluding hydrogens is 312 g/mol. The lowest BCUT2D eigenvalue weighted by Crippen LogP contribution is -2.09. The van der Waals surface area contributed by atoms with Crippen LogP contribution in [0.4, 0.5) is 0 Å². The van der Waals surface area contributed by atoms with Crippen LogP contribution in [0.5, 0.6) is 5.75 Å². The molecule has 3 aromatic rings. The first-order chi connectivity index (χ1) is 11.1. The molecule has 0 aliphatic rings. The van der Waals surface area contributed by atoms with Gasteiger partial charge in [-0.25, -0.2) is 4.98 Å². The number of para-hydroxylation sites is 2. The van der Waals surface area contributed by atoms with Crippen LogP contribution in [0.3, 0.4) is 0 Å². The van der Waals surface area contributed by atoms with Crippen LogP contribution < -0.4 is 4.74 Å². The van der Waals surface area contributed by atoms with Crippen molar-refractivity contribution < 1.29 is 9.84 Å². The van der Waals surface area contributed by atoms with Crippen molar-refractivity contribution in [2.24, 2.45) is 0 Å². The van der Waals surface area contributed by atoms with Gasteiger partial charge in [0.2, 0.25) is 0 Å². The summed E-state index contributed by atoms with van der Waals surface area (Å²) in [5, 5.41) is 10.6. The van der Waals surface area contributed by atoms with Gasteiger partial charge in [0.05, 0.1) is 17.6 Å². The predicted molar refractivity (Wildman–Crippen MR) is 91.9 cm³/mol. The normalized spacial score (nSPS) is 12.5. The maximum atomic E-state index is 9.94. The van der Waals surface area contributed by atoms with Crippen LogP contribution in [0.1, 0.15) is 25.3 Å². The van der Waals surface area contributed by atoms with Gasteiger partial charge >= 0.3 is 0 Å². The Labute approximate surface area is 140 Å². The van der Waals surface area contributed by atoms with Crippen molar-refractivity contribution >= 4 is 22.6 Å². The Morgan fingerprint density at radius 2 is 1.91 bits per heavy atom. The summed E-state index contributed by atoms with van der Waals surface area (Å²) in [7, 11) is 0. The van der Waals surface area contributed by atoms with Crippen LogP contribution >= 0.6 is 11.6 Å². The van der Waals surface area contributed by atoms with E-state index in [1.807, 2.05) is 48.5 Å². The summed E-state index contributed by atoms with van der Waals surface area (Å²) in [5.74, 6) is 1.50. The molecular formula is C18H19ClN2O2. The lowest BCUT2D eigenvalue weighted by molar-refractivity contribution is 0.183. The highest BCUT2D eigenvalue weighted by molar-refractivity contribution is 6.30. The zero-order valence-electron chi connectivity index (χ0n) is 12.9. The Balaban J connectivity index is 1.66. The molecule has 0 fully saturated rings. The standard InChI is InChI=1S/C18H19ClN2O2/c1-13(22)18-20-16-5-2-3-6-17(16)21(18)11-4-12-23-15-9-7-14(19)8-10-15/h2-3,5-10,13,22H,4,11-12H2,1H3/t13-/m0/s1. The van der Waals surface area contributed by atoms with Crippen molar-refractivity contribution in [3.63, 3.8) is 0 Å². The summed E-state index contributed by atoms with van der Waals surface area (Å²) >= 11 is 5.85. The van der Waals surface area contributed by atoms with Gasteiger partial charge in [0.15, 0.2) is 0 Å². The van der Waals surface area contributed by atoms with E-state index in [1.165, 1.54) is 0 Å². The third-order valence-corrected chi connectivity index (χ3v) is 3.92. The van der Waals surface area contributed by atoms with E-state index in [9.17, 15) is 5.11 Å². The minimum absolute atomic E-state index is 0.591. The van der Waals surface area contributed by atoms with Gasteiger partial charge in [-0.15, -0.1) is 0 Å². The van der Waals surface area contributed by atoms with E-state index in [0.29, 0.717) is 17.5 Å². The van der Waals surface area contributed by atoms with E-state index in [4.69, 9.17) is 16.3 Å². The molecule has 0 amide bonds. The number of halogens is 1. The first-order valence-electron chi connectivity index (χ1n) is 7.67. The number of ether oxygens (including phenoxy) is 1. The molecule has 2 aromatic carbocycles. The number of aliphatic hydroxyl groups is 1. The average Bonchev–Trinajstić information content (AvgIpc) is 2.92. The average molecular weight is 331 g/mol. The fourth-order valence-corrected chi connectivity index (χ4v) is 2.72. The minimum Gasteiger partial charge on any atom is -0.494 e. The van der Waals surface area contributed by atoms with Crippen molar-refractivity contribution in [2.45, 2.75) is 26.0 Å². The molecule has 0 radical (unpaired) electrons. The summed E-state index contributed by atoms with van der Waals surface area (Å²) in [6, 6.07) is 15.3. The second kappa shape index (κ2) is 7.02. The highest BCUT2D eigenvalue weighted by Gasteiger charge is 2.14. The number of nitrogens with zero attached hydrogens (tertiary/aromatic N) is 2. The number of aliphatic hydroxyl groups excluding tert-OH is 1. The monoisotopic (exact) mass is 330 g/mol. The number of aryl methyl sites for hydroxylation is 1. The summed E-state index contributed by atoms with van der Waals surface area (Å²) in [4.78, 5) is 4.52. The maximum Gasteiger partial charge on any atom is 0.138 e. The number of imidazole rings is 1. The van der Waals surface area contributed by atoms with Gasteiger partial charge in [-0.05, 0) is 49.7 Å². The highest BCUT2D eigenvalue weighted by atomic mass is 35.5. The SMILES string of the molecule is C[C@H](O)c1nc2ccccc2n1CCCOc1ccc(Cl)cc1. The van der Waals surface area contributed by atoms with Crippen LogP contribution in [0.25, 0.3) is 11.0 Å². The van der Waals surface area contributed by atoms with Gasteiger partial charge < -0.3 is 14.4 Å². The Hall–Kier alpha value is -2.04. The molecule has 3 rings (SSSR count). The molecule has 0 unspecified atom stereocenters. The predicted octanol–water partition coefficient (Wildman–Crippen LogP) is 4.21. The van der Waals surface area contributed by atoms with Gasteiger partial charge in [-0.2, -0.15) is 0 Å². The van der Waals surface area contributed by atoms with E-state index < -0.39 is 6.10 Å². The van der Waals surface area contributed by atoms with Crippen molar-refractivity contribution in [3.05, 3.63) is 59.4 Å². The molecule has 0 spiro atoms. The third kappa shape index (κ3) is 3.66. The molecule has 5 heteroatoms. The third-order valence-electron chi connectivity index (χ3n) is 3.67. The van der Waals surface area contributed by atoms with E-state index in [2.05, 4.69) is 9.55 Å². The van der Waals surface area contributed by atoms with Crippen LogP contribution in [-0.2, 0) is 6.54 Å². The lowest BCUT2D eigenvalue weighted by Gasteiger charge is -2.11. The number of hydrogen-bond donors (Lipinski definition) is 1. The Kier molecular flexibility index (Phi) is 4.84. The smallest absolute Gasteiger partial charge is 0.138 e. The fraction of sp³-hybridized carbons (Fsp3) is 0.278. The molecule has 1 N–H and O–H groups in total.